The van der Waals surface area contributed by atoms with Gasteiger partial charge in [0.2, 0.25) is 0 Å². The number of benzene rings is 1. The van der Waals surface area contributed by atoms with Crippen LogP contribution >= 0.6 is 23.4 Å². The first kappa shape index (κ1) is 18.1. The van der Waals surface area contributed by atoms with Gasteiger partial charge in [-0.2, -0.15) is 0 Å². The molecule has 1 aliphatic rings. The Morgan fingerprint density at radius 3 is 2.70 bits per heavy atom. The highest BCUT2D eigenvalue weighted by atomic mass is 35.5. The average Bonchev–Trinajstić information content (AvgIpc) is 2.90. The van der Waals surface area contributed by atoms with Crippen LogP contribution in [0.15, 0.2) is 24.3 Å². The van der Waals surface area contributed by atoms with Crippen LogP contribution < -0.4 is 0 Å². The van der Waals surface area contributed by atoms with Crippen LogP contribution in [0.25, 0.3) is 0 Å². The molecule has 4 nitrogen and oxygen atoms in total. The van der Waals surface area contributed by atoms with Gasteiger partial charge in [-0.1, -0.05) is 37.1 Å². The number of rotatable bonds is 5. The maximum atomic E-state index is 13.0. The minimum absolute atomic E-state index is 0.0199. The molecule has 0 N–H and O–H groups in total. The van der Waals surface area contributed by atoms with E-state index in [4.69, 9.17) is 16.3 Å². The van der Waals surface area contributed by atoms with Gasteiger partial charge in [0.25, 0.3) is 5.91 Å². The van der Waals surface area contributed by atoms with Crippen LogP contribution in [0.4, 0.5) is 0 Å². The van der Waals surface area contributed by atoms with Gasteiger partial charge in [0.05, 0.1) is 22.1 Å². The van der Waals surface area contributed by atoms with E-state index in [1.165, 1.54) is 0 Å². The van der Waals surface area contributed by atoms with Crippen molar-refractivity contribution in [3.8, 4) is 0 Å². The zero-order valence-electron chi connectivity index (χ0n) is 13.6. The third-order valence-corrected chi connectivity index (χ3v) is 5.28. The summed E-state index contributed by atoms with van der Waals surface area (Å²) in [5.41, 5.74) is 0.431. The number of hydrogen-bond acceptors (Lipinski definition) is 4. The molecule has 1 aromatic carbocycles. The van der Waals surface area contributed by atoms with Crippen LogP contribution in [-0.4, -0.2) is 40.0 Å². The van der Waals surface area contributed by atoms with E-state index in [2.05, 4.69) is 6.92 Å². The van der Waals surface area contributed by atoms with Crippen molar-refractivity contribution < 1.29 is 14.3 Å². The molecule has 6 heteroatoms. The molecule has 0 aliphatic carbocycles. The molecule has 0 bridgehead atoms. The maximum absolute atomic E-state index is 13.0. The SMILES string of the molecule is CCCC1SCC(C(=O)OC(C)C)N1C(=O)c1ccccc1Cl. The summed E-state index contributed by atoms with van der Waals surface area (Å²) in [6, 6.07) is 6.39. The van der Waals surface area contributed by atoms with Crippen molar-refractivity contribution in [3.05, 3.63) is 34.9 Å². The molecular formula is C17H22ClNO3S. The highest BCUT2D eigenvalue weighted by Crippen LogP contribution is 2.35. The van der Waals surface area contributed by atoms with Crippen LogP contribution in [0.1, 0.15) is 44.0 Å². The van der Waals surface area contributed by atoms with E-state index in [0.717, 1.165) is 12.8 Å². The normalized spacial score (nSPS) is 20.8. The minimum atomic E-state index is -0.553. The first-order valence-corrected chi connectivity index (χ1v) is 9.27. The zero-order valence-corrected chi connectivity index (χ0v) is 15.2. The number of nitrogens with zero attached hydrogens (tertiary/aromatic N) is 1. The predicted molar refractivity (Wildman–Crippen MR) is 93.8 cm³/mol. The summed E-state index contributed by atoms with van der Waals surface area (Å²) in [7, 11) is 0. The second-order valence-electron chi connectivity index (χ2n) is 5.77. The molecule has 0 spiro atoms. The Hall–Kier alpha value is -1.20. The topological polar surface area (TPSA) is 46.6 Å². The standard InChI is InChI=1S/C17H22ClNO3S/c1-4-7-15-19(14(10-23-15)17(21)22-11(2)3)16(20)12-8-5-6-9-13(12)18/h5-6,8-9,11,14-15H,4,7,10H2,1-3H3. The molecule has 0 saturated carbocycles. The van der Waals surface area contributed by atoms with E-state index in [0.29, 0.717) is 16.3 Å². The van der Waals surface area contributed by atoms with Crippen LogP contribution in [0.2, 0.25) is 5.02 Å². The number of carbonyl (C=O) groups is 2. The maximum Gasteiger partial charge on any atom is 0.330 e. The smallest absolute Gasteiger partial charge is 0.330 e. The van der Waals surface area contributed by atoms with Crippen molar-refractivity contribution in [2.75, 3.05) is 5.75 Å². The number of thioether (sulfide) groups is 1. The van der Waals surface area contributed by atoms with E-state index >= 15 is 0 Å². The molecule has 1 amide bonds. The highest BCUT2D eigenvalue weighted by Gasteiger charge is 2.42. The van der Waals surface area contributed by atoms with Gasteiger partial charge in [-0.05, 0) is 32.4 Å². The molecule has 23 heavy (non-hydrogen) atoms. The summed E-state index contributed by atoms with van der Waals surface area (Å²) in [6.45, 7) is 5.69. The second kappa shape index (κ2) is 8.06. The van der Waals surface area contributed by atoms with Gasteiger partial charge < -0.3 is 9.64 Å². The van der Waals surface area contributed by atoms with Gasteiger partial charge in [0, 0.05) is 5.75 Å². The van der Waals surface area contributed by atoms with Crippen molar-refractivity contribution in [2.45, 2.75) is 51.1 Å². The van der Waals surface area contributed by atoms with Gasteiger partial charge >= 0.3 is 5.97 Å². The summed E-state index contributed by atoms with van der Waals surface area (Å²) in [6.07, 6.45) is 1.58. The fraction of sp³-hybridized carbons (Fsp3) is 0.529. The molecule has 2 rings (SSSR count). The monoisotopic (exact) mass is 355 g/mol. The summed E-state index contributed by atoms with van der Waals surface area (Å²) in [4.78, 5) is 27.0. The molecule has 0 aromatic heterocycles. The minimum Gasteiger partial charge on any atom is -0.461 e. The Kier molecular flexibility index (Phi) is 6.36. The number of halogens is 1. The number of carbonyl (C=O) groups excluding carboxylic acids is 2. The fourth-order valence-corrected chi connectivity index (χ4v) is 4.29. The van der Waals surface area contributed by atoms with Gasteiger partial charge in [0.15, 0.2) is 0 Å². The van der Waals surface area contributed by atoms with Crippen LogP contribution in [0, 0.1) is 0 Å². The lowest BCUT2D eigenvalue weighted by Gasteiger charge is -2.29. The number of amides is 1. The lowest BCUT2D eigenvalue weighted by atomic mass is 10.1. The lowest BCUT2D eigenvalue weighted by Crippen LogP contribution is -2.46. The van der Waals surface area contributed by atoms with E-state index in [-0.39, 0.29) is 23.4 Å². The van der Waals surface area contributed by atoms with Gasteiger partial charge in [-0.25, -0.2) is 4.79 Å². The van der Waals surface area contributed by atoms with Crippen molar-refractivity contribution in [1.29, 1.82) is 0 Å². The summed E-state index contributed by atoms with van der Waals surface area (Å²) < 4.78 is 5.33. The molecule has 1 aliphatic heterocycles. The fourth-order valence-electron chi connectivity index (χ4n) is 2.57. The van der Waals surface area contributed by atoms with Crippen molar-refractivity contribution in [1.82, 2.24) is 4.90 Å². The van der Waals surface area contributed by atoms with Crippen molar-refractivity contribution in [3.63, 3.8) is 0 Å². The highest BCUT2D eigenvalue weighted by molar-refractivity contribution is 8.00. The lowest BCUT2D eigenvalue weighted by molar-refractivity contribution is -0.151. The molecular weight excluding hydrogens is 334 g/mol. The van der Waals surface area contributed by atoms with Crippen LogP contribution in [0.3, 0.4) is 0 Å². The number of hydrogen-bond donors (Lipinski definition) is 0. The molecule has 126 valence electrons. The summed E-state index contributed by atoms with van der Waals surface area (Å²) >= 11 is 7.79. The van der Waals surface area contributed by atoms with E-state index in [9.17, 15) is 9.59 Å². The van der Waals surface area contributed by atoms with Crippen molar-refractivity contribution in [2.24, 2.45) is 0 Å². The first-order valence-electron chi connectivity index (χ1n) is 7.85. The Morgan fingerprint density at radius 1 is 1.39 bits per heavy atom. The second-order valence-corrected chi connectivity index (χ2v) is 7.39. The van der Waals surface area contributed by atoms with Crippen molar-refractivity contribution >= 4 is 35.2 Å². The number of ether oxygens (including phenoxy) is 1. The third-order valence-electron chi connectivity index (χ3n) is 3.59. The van der Waals surface area contributed by atoms with E-state index in [1.807, 2.05) is 13.8 Å². The largest absolute Gasteiger partial charge is 0.461 e. The zero-order chi connectivity index (χ0) is 17.0. The van der Waals surface area contributed by atoms with Crippen LogP contribution in [-0.2, 0) is 9.53 Å². The Bertz CT molecular complexity index is 579. The van der Waals surface area contributed by atoms with Gasteiger partial charge in [0.1, 0.15) is 6.04 Å². The Labute approximate surface area is 146 Å². The first-order chi connectivity index (χ1) is 11.0. The third kappa shape index (κ3) is 4.21. The molecule has 1 saturated heterocycles. The van der Waals surface area contributed by atoms with Crippen LogP contribution in [0.5, 0.6) is 0 Å². The van der Waals surface area contributed by atoms with Gasteiger partial charge in [-0.15, -0.1) is 11.8 Å². The van der Waals surface area contributed by atoms with Gasteiger partial charge in [-0.3, -0.25) is 4.79 Å². The molecule has 1 aromatic rings. The van der Waals surface area contributed by atoms with E-state index in [1.54, 1.807) is 40.9 Å². The predicted octanol–water partition coefficient (Wildman–Crippen LogP) is 3.98. The molecule has 1 heterocycles. The molecule has 1 fully saturated rings. The van der Waals surface area contributed by atoms with E-state index < -0.39 is 6.04 Å². The molecule has 2 unspecified atom stereocenters. The Balaban J connectivity index is 2.29. The number of esters is 1. The quantitative estimate of drug-likeness (QED) is 0.749. The summed E-state index contributed by atoms with van der Waals surface area (Å²) in [5.74, 6) is 0.0168. The summed E-state index contributed by atoms with van der Waals surface area (Å²) in [5, 5.41) is 0.383. The molecule has 0 radical (unpaired) electrons. The molecule has 2 atom stereocenters. The Morgan fingerprint density at radius 2 is 2.09 bits per heavy atom. The average molecular weight is 356 g/mol.